The standard InChI is InChI=1S/C15H17FN2O2/c16-11-1-2-14-13(8-11)10(9-20-14)7-15(19)18-5-3-12(17)4-6-18/h1-2,8-9,12H,3-7,17H2. The summed E-state index contributed by atoms with van der Waals surface area (Å²) in [6, 6.07) is 4.54. The van der Waals surface area contributed by atoms with Gasteiger partial charge in [-0.3, -0.25) is 4.79 Å². The lowest BCUT2D eigenvalue weighted by Crippen LogP contribution is -2.43. The van der Waals surface area contributed by atoms with Crippen molar-refractivity contribution < 1.29 is 13.6 Å². The third kappa shape index (κ3) is 2.54. The number of nitrogens with zero attached hydrogens (tertiary/aromatic N) is 1. The largest absolute Gasteiger partial charge is 0.464 e. The molecule has 1 amide bonds. The molecule has 2 heterocycles. The number of carbonyl (C=O) groups is 1. The second-order valence-electron chi connectivity index (χ2n) is 5.30. The zero-order chi connectivity index (χ0) is 14.1. The normalized spacial score (nSPS) is 16.8. The number of rotatable bonds is 2. The van der Waals surface area contributed by atoms with Gasteiger partial charge in [-0.05, 0) is 31.0 Å². The minimum absolute atomic E-state index is 0.0452. The van der Waals surface area contributed by atoms with E-state index in [1.165, 1.54) is 18.4 Å². The Bertz CT molecular complexity index is 630. The van der Waals surface area contributed by atoms with Crippen LogP contribution in [0.4, 0.5) is 4.39 Å². The van der Waals surface area contributed by atoms with Crippen LogP contribution in [0.3, 0.4) is 0 Å². The molecule has 2 aromatic rings. The van der Waals surface area contributed by atoms with Gasteiger partial charge in [0.1, 0.15) is 11.4 Å². The number of halogens is 1. The molecule has 0 atom stereocenters. The second-order valence-corrected chi connectivity index (χ2v) is 5.30. The van der Waals surface area contributed by atoms with Crippen molar-refractivity contribution >= 4 is 16.9 Å². The first kappa shape index (κ1) is 13.1. The van der Waals surface area contributed by atoms with Crippen molar-refractivity contribution in [3.05, 3.63) is 35.8 Å². The number of carbonyl (C=O) groups excluding carboxylic acids is 1. The highest BCUT2D eigenvalue weighted by Crippen LogP contribution is 2.23. The molecule has 2 N–H and O–H groups in total. The van der Waals surface area contributed by atoms with Crippen molar-refractivity contribution in [3.8, 4) is 0 Å². The van der Waals surface area contributed by atoms with Gasteiger partial charge >= 0.3 is 0 Å². The number of furan rings is 1. The first-order valence-electron chi connectivity index (χ1n) is 6.82. The van der Waals surface area contributed by atoms with Crippen molar-refractivity contribution in [1.82, 2.24) is 4.90 Å². The van der Waals surface area contributed by atoms with Crippen LogP contribution in [0, 0.1) is 5.82 Å². The van der Waals surface area contributed by atoms with Crippen LogP contribution >= 0.6 is 0 Å². The van der Waals surface area contributed by atoms with Crippen LogP contribution in [0.25, 0.3) is 11.0 Å². The monoisotopic (exact) mass is 276 g/mol. The molecule has 1 aromatic heterocycles. The third-order valence-corrected chi connectivity index (χ3v) is 3.85. The van der Waals surface area contributed by atoms with Crippen molar-refractivity contribution in [2.45, 2.75) is 25.3 Å². The van der Waals surface area contributed by atoms with Crippen LogP contribution in [0.15, 0.2) is 28.9 Å². The average Bonchev–Trinajstić information content (AvgIpc) is 2.82. The van der Waals surface area contributed by atoms with Gasteiger partial charge in [0.25, 0.3) is 0 Å². The fourth-order valence-corrected chi connectivity index (χ4v) is 2.61. The van der Waals surface area contributed by atoms with Gasteiger partial charge in [0.05, 0.1) is 12.7 Å². The molecule has 0 spiro atoms. The fraction of sp³-hybridized carbons (Fsp3) is 0.400. The summed E-state index contributed by atoms with van der Waals surface area (Å²) in [5, 5.41) is 0.673. The van der Waals surface area contributed by atoms with Gasteiger partial charge in [0.15, 0.2) is 0 Å². The number of hydrogen-bond donors (Lipinski definition) is 1. The lowest BCUT2D eigenvalue weighted by molar-refractivity contribution is -0.131. The number of likely N-dealkylation sites (tertiary alicyclic amines) is 1. The molecule has 0 radical (unpaired) electrons. The molecule has 3 rings (SSSR count). The van der Waals surface area contributed by atoms with E-state index in [-0.39, 0.29) is 24.2 Å². The van der Waals surface area contributed by atoms with Gasteiger partial charge in [-0.2, -0.15) is 0 Å². The molecule has 5 heteroatoms. The first-order valence-corrected chi connectivity index (χ1v) is 6.82. The quantitative estimate of drug-likeness (QED) is 0.913. The first-order chi connectivity index (χ1) is 9.63. The molecule has 0 saturated carbocycles. The average molecular weight is 276 g/mol. The zero-order valence-electron chi connectivity index (χ0n) is 11.1. The van der Waals surface area contributed by atoms with E-state index in [2.05, 4.69) is 0 Å². The maximum absolute atomic E-state index is 13.3. The molecule has 20 heavy (non-hydrogen) atoms. The Morgan fingerprint density at radius 1 is 1.40 bits per heavy atom. The maximum atomic E-state index is 13.3. The molecule has 0 aliphatic carbocycles. The summed E-state index contributed by atoms with van der Waals surface area (Å²) in [6.45, 7) is 1.40. The van der Waals surface area contributed by atoms with Crippen LogP contribution in [-0.2, 0) is 11.2 Å². The second kappa shape index (κ2) is 5.25. The van der Waals surface area contributed by atoms with Crippen LogP contribution in [0.2, 0.25) is 0 Å². The summed E-state index contributed by atoms with van der Waals surface area (Å²) < 4.78 is 18.6. The summed E-state index contributed by atoms with van der Waals surface area (Å²) in [5.41, 5.74) is 7.17. The lowest BCUT2D eigenvalue weighted by atomic mass is 10.0. The summed E-state index contributed by atoms with van der Waals surface area (Å²) in [4.78, 5) is 14.1. The zero-order valence-corrected chi connectivity index (χ0v) is 11.1. The Balaban J connectivity index is 1.76. The predicted octanol–water partition coefficient (Wildman–Crippen LogP) is 2.06. The molecule has 1 aliphatic rings. The van der Waals surface area contributed by atoms with Crippen LogP contribution in [0.1, 0.15) is 18.4 Å². The number of fused-ring (bicyclic) bond motifs is 1. The number of hydrogen-bond acceptors (Lipinski definition) is 3. The highest BCUT2D eigenvalue weighted by Gasteiger charge is 2.21. The maximum Gasteiger partial charge on any atom is 0.227 e. The Morgan fingerprint density at radius 3 is 2.90 bits per heavy atom. The highest BCUT2D eigenvalue weighted by atomic mass is 19.1. The molecule has 0 bridgehead atoms. The van der Waals surface area contributed by atoms with Gasteiger partial charge in [-0.15, -0.1) is 0 Å². The van der Waals surface area contributed by atoms with Gasteiger partial charge in [0.2, 0.25) is 5.91 Å². The molecular weight excluding hydrogens is 259 g/mol. The van der Waals surface area contributed by atoms with Crippen molar-refractivity contribution in [1.29, 1.82) is 0 Å². The summed E-state index contributed by atoms with van der Waals surface area (Å²) in [5.74, 6) is -0.277. The van der Waals surface area contributed by atoms with E-state index >= 15 is 0 Å². The van der Waals surface area contributed by atoms with Gasteiger partial charge in [0, 0.05) is 30.1 Å². The molecule has 1 saturated heterocycles. The van der Waals surface area contributed by atoms with Gasteiger partial charge in [-0.25, -0.2) is 4.39 Å². The molecule has 4 nitrogen and oxygen atoms in total. The van der Waals surface area contributed by atoms with Gasteiger partial charge in [-0.1, -0.05) is 0 Å². The van der Waals surface area contributed by atoms with E-state index in [4.69, 9.17) is 10.2 Å². The molecule has 1 aliphatic heterocycles. The molecule has 1 aromatic carbocycles. The Hall–Kier alpha value is -1.88. The smallest absolute Gasteiger partial charge is 0.227 e. The van der Waals surface area contributed by atoms with E-state index in [0.717, 1.165) is 18.4 Å². The van der Waals surface area contributed by atoms with Crippen LogP contribution in [0.5, 0.6) is 0 Å². The number of piperidine rings is 1. The summed E-state index contributed by atoms with van der Waals surface area (Å²) in [7, 11) is 0. The molecule has 106 valence electrons. The van der Waals surface area contributed by atoms with E-state index in [1.807, 2.05) is 4.90 Å². The molecule has 0 unspecified atom stereocenters. The van der Waals surface area contributed by atoms with E-state index in [1.54, 1.807) is 6.07 Å². The van der Waals surface area contributed by atoms with Gasteiger partial charge < -0.3 is 15.1 Å². The Labute approximate surface area is 116 Å². The number of nitrogens with two attached hydrogens (primary N) is 1. The van der Waals surface area contributed by atoms with Crippen molar-refractivity contribution in [2.75, 3.05) is 13.1 Å². The Kier molecular flexibility index (Phi) is 3.44. The minimum atomic E-state index is -0.323. The van der Waals surface area contributed by atoms with E-state index in [9.17, 15) is 9.18 Å². The van der Waals surface area contributed by atoms with Crippen molar-refractivity contribution in [3.63, 3.8) is 0 Å². The number of amides is 1. The Morgan fingerprint density at radius 2 is 2.15 bits per heavy atom. The summed E-state index contributed by atoms with van der Waals surface area (Å²) >= 11 is 0. The van der Waals surface area contributed by atoms with Crippen LogP contribution < -0.4 is 5.73 Å². The highest BCUT2D eigenvalue weighted by molar-refractivity contribution is 5.87. The fourth-order valence-electron chi connectivity index (χ4n) is 2.61. The predicted molar refractivity (Wildman–Crippen MR) is 73.7 cm³/mol. The SMILES string of the molecule is NC1CCN(C(=O)Cc2coc3ccc(F)cc23)CC1. The third-order valence-electron chi connectivity index (χ3n) is 3.85. The number of benzene rings is 1. The van der Waals surface area contributed by atoms with Crippen LogP contribution in [-0.4, -0.2) is 29.9 Å². The van der Waals surface area contributed by atoms with E-state index < -0.39 is 0 Å². The summed E-state index contributed by atoms with van der Waals surface area (Å²) in [6.07, 6.45) is 3.46. The molecule has 1 fully saturated rings. The minimum Gasteiger partial charge on any atom is -0.464 e. The molecular formula is C15H17FN2O2. The topological polar surface area (TPSA) is 59.5 Å². The van der Waals surface area contributed by atoms with E-state index in [0.29, 0.717) is 24.1 Å². The lowest BCUT2D eigenvalue weighted by Gasteiger charge is -2.30. The van der Waals surface area contributed by atoms with Crippen molar-refractivity contribution in [2.24, 2.45) is 5.73 Å².